The molecule has 6 heteroatoms. The van der Waals surface area contributed by atoms with Gasteiger partial charge >= 0.3 is 0 Å². The third-order valence-electron chi connectivity index (χ3n) is 1.91. The molecular formula is C7H12N2O3S. The van der Waals surface area contributed by atoms with E-state index in [1.165, 1.54) is 4.31 Å². The SMILES string of the molecule is CC1COCCN1S(=O)(=O)CC#N. The molecule has 0 radical (unpaired) electrons. The first-order valence-electron chi connectivity index (χ1n) is 4.02. The molecule has 0 aromatic heterocycles. The summed E-state index contributed by atoms with van der Waals surface area (Å²) in [5.41, 5.74) is 0. The van der Waals surface area contributed by atoms with Gasteiger partial charge in [0, 0.05) is 12.6 Å². The Bertz CT molecular complexity index is 306. The molecule has 13 heavy (non-hydrogen) atoms. The summed E-state index contributed by atoms with van der Waals surface area (Å²) in [6, 6.07) is 1.50. The smallest absolute Gasteiger partial charge is 0.227 e. The highest BCUT2D eigenvalue weighted by atomic mass is 32.2. The van der Waals surface area contributed by atoms with E-state index in [0.29, 0.717) is 19.8 Å². The molecule has 0 bridgehead atoms. The van der Waals surface area contributed by atoms with Gasteiger partial charge < -0.3 is 4.74 Å². The fraction of sp³-hybridized carbons (Fsp3) is 0.857. The molecule has 1 fully saturated rings. The highest BCUT2D eigenvalue weighted by molar-refractivity contribution is 7.89. The number of nitrogens with zero attached hydrogens (tertiary/aromatic N) is 2. The Morgan fingerprint density at radius 1 is 1.69 bits per heavy atom. The fourth-order valence-electron chi connectivity index (χ4n) is 1.29. The molecule has 1 aliphatic rings. The Balaban J connectivity index is 2.75. The lowest BCUT2D eigenvalue weighted by molar-refractivity contribution is 0.0394. The van der Waals surface area contributed by atoms with E-state index in [1.807, 2.05) is 0 Å². The van der Waals surface area contributed by atoms with Crippen molar-refractivity contribution in [1.82, 2.24) is 4.31 Å². The van der Waals surface area contributed by atoms with Gasteiger partial charge in [0.25, 0.3) is 0 Å². The number of ether oxygens (including phenoxy) is 1. The first-order chi connectivity index (χ1) is 6.08. The molecular weight excluding hydrogens is 192 g/mol. The van der Waals surface area contributed by atoms with E-state index in [1.54, 1.807) is 13.0 Å². The number of hydrogen-bond acceptors (Lipinski definition) is 4. The van der Waals surface area contributed by atoms with Crippen molar-refractivity contribution in [2.45, 2.75) is 13.0 Å². The molecule has 0 aromatic rings. The molecule has 0 aliphatic carbocycles. The molecule has 1 heterocycles. The van der Waals surface area contributed by atoms with Crippen molar-refractivity contribution in [3.8, 4) is 6.07 Å². The average molecular weight is 204 g/mol. The fourth-order valence-corrected chi connectivity index (χ4v) is 2.58. The normalized spacial score (nSPS) is 25.4. The second kappa shape index (κ2) is 4.05. The van der Waals surface area contributed by atoms with Crippen LogP contribution in [0.25, 0.3) is 0 Å². The Labute approximate surface area is 77.9 Å². The largest absolute Gasteiger partial charge is 0.378 e. The zero-order valence-electron chi connectivity index (χ0n) is 7.43. The Morgan fingerprint density at radius 3 is 2.92 bits per heavy atom. The van der Waals surface area contributed by atoms with Crippen LogP contribution in [0.3, 0.4) is 0 Å². The van der Waals surface area contributed by atoms with Crippen LogP contribution < -0.4 is 0 Å². The summed E-state index contributed by atoms with van der Waals surface area (Å²) in [6.45, 7) is 2.94. The highest BCUT2D eigenvalue weighted by Gasteiger charge is 2.29. The molecule has 0 saturated carbocycles. The minimum Gasteiger partial charge on any atom is -0.378 e. The van der Waals surface area contributed by atoms with Crippen molar-refractivity contribution in [1.29, 1.82) is 5.26 Å². The van der Waals surface area contributed by atoms with Crippen LogP contribution in [-0.4, -0.2) is 44.3 Å². The zero-order valence-corrected chi connectivity index (χ0v) is 8.25. The van der Waals surface area contributed by atoms with Crippen molar-refractivity contribution in [2.75, 3.05) is 25.5 Å². The van der Waals surface area contributed by atoms with Gasteiger partial charge in [-0.25, -0.2) is 8.42 Å². The number of hydrogen-bond donors (Lipinski definition) is 0. The molecule has 1 rings (SSSR count). The Morgan fingerprint density at radius 2 is 2.38 bits per heavy atom. The third-order valence-corrected chi connectivity index (χ3v) is 3.66. The maximum atomic E-state index is 11.4. The van der Waals surface area contributed by atoms with Crippen LogP contribution in [0, 0.1) is 11.3 Å². The van der Waals surface area contributed by atoms with Crippen LogP contribution in [0.5, 0.6) is 0 Å². The summed E-state index contributed by atoms with van der Waals surface area (Å²) >= 11 is 0. The molecule has 1 atom stereocenters. The first-order valence-corrected chi connectivity index (χ1v) is 5.63. The maximum absolute atomic E-state index is 11.4. The van der Waals surface area contributed by atoms with Crippen LogP contribution in [0.2, 0.25) is 0 Å². The van der Waals surface area contributed by atoms with Gasteiger partial charge in [-0.2, -0.15) is 9.57 Å². The van der Waals surface area contributed by atoms with Gasteiger partial charge in [-0.05, 0) is 6.92 Å². The van der Waals surface area contributed by atoms with Crippen LogP contribution in [0.1, 0.15) is 6.92 Å². The van der Waals surface area contributed by atoms with Gasteiger partial charge in [-0.3, -0.25) is 0 Å². The molecule has 1 unspecified atom stereocenters. The summed E-state index contributed by atoms with van der Waals surface area (Å²) in [5, 5.41) is 8.33. The van der Waals surface area contributed by atoms with Crippen LogP contribution >= 0.6 is 0 Å². The monoisotopic (exact) mass is 204 g/mol. The first kappa shape index (κ1) is 10.4. The van der Waals surface area contributed by atoms with Crippen LogP contribution in [-0.2, 0) is 14.8 Å². The molecule has 0 spiro atoms. The van der Waals surface area contributed by atoms with E-state index in [-0.39, 0.29) is 6.04 Å². The predicted molar refractivity (Wildman–Crippen MR) is 46.4 cm³/mol. The van der Waals surface area contributed by atoms with E-state index in [0.717, 1.165) is 0 Å². The average Bonchev–Trinajstić information content (AvgIpc) is 2.04. The lowest BCUT2D eigenvalue weighted by Gasteiger charge is -2.31. The molecule has 74 valence electrons. The lowest BCUT2D eigenvalue weighted by atomic mass is 10.3. The summed E-state index contributed by atoms with van der Waals surface area (Å²) < 4.78 is 29.3. The number of rotatable bonds is 2. The van der Waals surface area contributed by atoms with Gasteiger partial charge in [0.05, 0.1) is 19.3 Å². The van der Waals surface area contributed by atoms with Crippen LogP contribution in [0.15, 0.2) is 0 Å². The molecule has 0 N–H and O–H groups in total. The number of morpholine rings is 1. The number of nitriles is 1. The third kappa shape index (κ3) is 2.40. The molecule has 1 saturated heterocycles. The van der Waals surface area contributed by atoms with E-state index in [2.05, 4.69) is 0 Å². The highest BCUT2D eigenvalue weighted by Crippen LogP contribution is 2.11. The van der Waals surface area contributed by atoms with Gasteiger partial charge in [-0.1, -0.05) is 0 Å². The Kier molecular flexibility index (Phi) is 3.25. The van der Waals surface area contributed by atoms with E-state index < -0.39 is 15.8 Å². The Hall–Kier alpha value is -0.640. The summed E-state index contributed by atoms with van der Waals surface area (Å²) in [4.78, 5) is 0. The summed E-state index contributed by atoms with van der Waals surface area (Å²) in [7, 11) is -3.39. The van der Waals surface area contributed by atoms with Gasteiger partial charge in [-0.15, -0.1) is 0 Å². The lowest BCUT2D eigenvalue weighted by Crippen LogP contribution is -2.47. The maximum Gasteiger partial charge on any atom is 0.227 e. The quantitative estimate of drug-likeness (QED) is 0.611. The molecule has 5 nitrogen and oxygen atoms in total. The van der Waals surface area contributed by atoms with Crippen molar-refractivity contribution < 1.29 is 13.2 Å². The van der Waals surface area contributed by atoms with Crippen molar-refractivity contribution in [2.24, 2.45) is 0 Å². The number of sulfonamides is 1. The minimum atomic E-state index is -3.39. The standard InChI is InChI=1S/C7H12N2O3S/c1-7-6-12-4-3-9(7)13(10,11)5-2-8/h7H,3-6H2,1H3. The molecule has 0 aromatic carbocycles. The van der Waals surface area contributed by atoms with E-state index in [4.69, 9.17) is 10.00 Å². The van der Waals surface area contributed by atoms with Gasteiger partial charge in [0.1, 0.15) is 0 Å². The van der Waals surface area contributed by atoms with Crippen molar-refractivity contribution >= 4 is 10.0 Å². The predicted octanol–water partition coefficient (Wildman–Crippen LogP) is -0.440. The van der Waals surface area contributed by atoms with E-state index in [9.17, 15) is 8.42 Å². The summed E-state index contributed by atoms with van der Waals surface area (Å²) in [5.74, 6) is -0.447. The van der Waals surface area contributed by atoms with E-state index >= 15 is 0 Å². The topological polar surface area (TPSA) is 70.4 Å². The van der Waals surface area contributed by atoms with Gasteiger partial charge in [0.2, 0.25) is 10.0 Å². The second-order valence-corrected chi connectivity index (χ2v) is 4.87. The zero-order chi connectivity index (χ0) is 9.90. The molecule has 0 amide bonds. The second-order valence-electron chi connectivity index (χ2n) is 2.95. The van der Waals surface area contributed by atoms with Gasteiger partial charge in [0.15, 0.2) is 5.75 Å². The van der Waals surface area contributed by atoms with Crippen molar-refractivity contribution in [3.63, 3.8) is 0 Å². The van der Waals surface area contributed by atoms with Crippen molar-refractivity contribution in [3.05, 3.63) is 0 Å². The minimum absolute atomic E-state index is 0.160. The van der Waals surface area contributed by atoms with Crippen LogP contribution in [0.4, 0.5) is 0 Å². The molecule has 1 aliphatic heterocycles. The summed E-state index contributed by atoms with van der Waals surface area (Å²) in [6.07, 6.45) is 0.